The fourth-order valence-corrected chi connectivity index (χ4v) is 5.02. The molecule has 0 aromatic heterocycles. The Labute approximate surface area is 223 Å². The monoisotopic (exact) mass is 530 g/mol. The molecule has 9 nitrogen and oxygen atoms in total. The Balaban J connectivity index is 1.87. The van der Waals surface area contributed by atoms with E-state index in [0.29, 0.717) is 50.6 Å². The van der Waals surface area contributed by atoms with Gasteiger partial charge in [-0.3, -0.25) is 19.2 Å². The molecule has 38 heavy (non-hydrogen) atoms. The van der Waals surface area contributed by atoms with E-state index in [1.807, 2.05) is 0 Å². The van der Waals surface area contributed by atoms with Crippen LogP contribution in [0.3, 0.4) is 0 Å². The summed E-state index contributed by atoms with van der Waals surface area (Å²) in [5.74, 6) is -2.16. The van der Waals surface area contributed by atoms with Crippen LogP contribution in [0.15, 0.2) is 24.3 Å². The maximum absolute atomic E-state index is 13.9. The molecule has 4 amide bonds. The van der Waals surface area contributed by atoms with Gasteiger partial charge < -0.3 is 25.6 Å². The second kappa shape index (κ2) is 13.0. The Morgan fingerprint density at radius 1 is 1.08 bits per heavy atom. The van der Waals surface area contributed by atoms with E-state index < -0.39 is 53.1 Å². The number of hydrogen-bond donors (Lipinski definition) is 3. The van der Waals surface area contributed by atoms with Crippen LogP contribution in [0.1, 0.15) is 77.7 Å². The molecule has 2 aliphatic heterocycles. The van der Waals surface area contributed by atoms with Gasteiger partial charge in [-0.1, -0.05) is 31.9 Å². The van der Waals surface area contributed by atoms with E-state index in [0.717, 1.165) is 6.42 Å². The molecular formula is C28H39FN4O5. The van der Waals surface area contributed by atoms with Crippen molar-refractivity contribution in [2.24, 2.45) is 0 Å². The van der Waals surface area contributed by atoms with Gasteiger partial charge in [0.15, 0.2) is 0 Å². The Bertz CT molecular complexity index is 1060. The maximum atomic E-state index is 13.9. The minimum Gasteiger partial charge on any atom is -0.343 e. The summed E-state index contributed by atoms with van der Waals surface area (Å²) in [7, 11) is 0. The Morgan fingerprint density at radius 2 is 1.84 bits per heavy atom. The number of carbonyl (C=O) groups is 5. The Morgan fingerprint density at radius 3 is 2.53 bits per heavy atom. The molecule has 0 spiro atoms. The van der Waals surface area contributed by atoms with E-state index in [-0.39, 0.29) is 18.6 Å². The lowest BCUT2D eigenvalue weighted by Crippen LogP contribution is -2.65. The highest BCUT2D eigenvalue weighted by atomic mass is 19.1. The molecule has 0 radical (unpaired) electrons. The van der Waals surface area contributed by atoms with Crippen molar-refractivity contribution >= 4 is 29.4 Å². The zero-order valence-electron chi connectivity index (χ0n) is 22.5. The number of unbranched alkanes of at least 4 members (excludes halogenated alkanes) is 2. The van der Waals surface area contributed by atoms with Crippen molar-refractivity contribution in [3.05, 3.63) is 35.6 Å². The molecule has 3 rings (SSSR count). The molecule has 0 saturated carbocycles. The highest BCUT2D eigenvalue weighted by Crippen LogP contribution is 2.22. The van der Waals surface area contributed by atoms with Crippen LogP contribution in [0, 0.1) is 5.82 Å². The van der Waals surface area contributed by atoms with Crippen molar-refractivity contribution in [2.75, 3.05) is 6.54 Å². The average molecular weight is 531 g/mol. The van der Waals surface area contributed by atoms with Crippen molar-refractivity contribution in [1.29, 1.82) is 0 Å². The van der Waals surface area contributed by atoms with E-state index >= 15 is 0 Å². The number of ketones is 1. The first-order valence-electron chi connectivity index (χ1n) is 13.5. The van der Waals surface area contributed by atoms with Crippen molar-refractivity contribution in [3.63, 3.8) is 0 Å². The van der Waals surface area contributed by atoms with Gasteiger partial charge in [-0.25, -0.2) is 4.39 Å². The summed E-state index contributed by atoms with van der Waals surface area (Å²) in [5, 5.41) is 8.43. The van der Waals surface area contributed by atoms with Crippen LogP contribution >= 0.6 is 0 Å². The van der Waals surface area contributed by atoms with Gasteiger partial charge in [-0.05, 0) is 63.6 Å². The summed E-state index contributed by atoms with van der Waals surface area (Å²) in [6, 6.07) is 3.15. The molecular weight excluding hydrogens is 491 g/mol. The molecule has 10 heteroatoms. The fraction of sp³-hybridized carbons (Fsp3) is 0.607. The summed E-state index contributed by atoms with van der Waals surface area (Å²) in [6.45, 7) is 5.22. The SMILES string of the molecule is CC[C@]1(C)NC(=O)[C@H](CCCCCC(C)=O)NC(=O)[C@H]2CCCN2C(=O)[C@H](Cc2cccc(F)c2)NC1=O. The van der Waals surface area contributed by atoms with Gasteiger partial charge in [0.05, 0.1) is 0 Å². The highest BCUT2D eigenvalue weighted by Gasteiger charge is 2.43. The van der Waals surface area contributed by atoms with E-state index in [2.05, 4.69) is 16.0 Å². The standard InChI is InChI=1S/C28H39FN4O5/c1-4-28(3)27(38)31-22(17-19-11-8-12-20(29)16-19)26(37)33-15-9-14-23(33)25(36)30-21(24(35)32-28)13-7-5-6-10-18(2)34/h8,11-12,16,21-23H,4-7,9-10,13-15,17H2,1-3H3,(H,30,36)(H,31,38)(H,32,35)/t21-,22-,23+,28-/m0/s1. The van der Waals surface area contributed by atoms with E-state index in [4.69, 9.17) is 0 Å². The zero-order valence-corrected chi connectivity index (χ0v) is 22.5. The van der Waals surface area contributed by atoms with E-state index in [1.54, 1.807) is 19.9 Å². The number of carbonyl (C=O) groups excluding carboxylic acids is 5. The molecule has 0 bridgehead atoms. The van der Waals surface area contributed by atoms with Crippen molar-refractivity contribution in [1.82, 2.24) is 20.9 Å². The number of fused-ring (bicyclic) bond motifs is 1. The zero-order chi connectivity index (χ0) is 27.9. The summed E-state index contributed by atoms with van der Waals surface area (Å²) in [5.41, 5.74) is -0.804. The van der Waals surface area contributed by atoms with Gasteiger partial charge in [-0.15, -0.1) is 0 Å². The summed E-state index contributed by atoms with van der Waals surface area (Å²) in [4.78, 5) is 66.5. The van der Waals surface area contributed by atoms with Crippen molar-refractivity contribution < 1.29 is 28.4 Å². The molecule has 1 aromatic carbocycles. The van der Waals surface area contributed by atoms with Gasteiger partial charge >= 0.3 is 0 Å². The second-order valence-corrected chi connectivity index (χ2v) is 10.6. The summed E-state index contributed by atoms with van der Waals surface area (Å²) in [6.07, 6.45) is 4.19. The minimum atomic E-state index is -1.33. The lowest BCUT2D eigenvalue weighted by molar-refractivity contribution is -0.144. The molecule has 0 unspecified atom stereocenters. The number of benzene rings is 1. The van der Waals surface area contributed by atoms with Gasteiger partial charge in [0.1, 0.15) is 35.3 Å². The Hall–Kier alpha value is -3.30. The third-order valence-electron chi connectivity index (χ3n) is 7.53. The maximum Gasteiger partial charge on any atom is 0.246 e. The first-order chi connectivity index (χ1) is 18.0. The van der Waals surface area contributed by atoms with Crippen molar-refractivity contribution in [3.8, 4) is 0 Å². The average Bonchev–Trinajstić information content (AvgIpc) is 3.36. The number of hydrogen-bond acceptors (Lipinski definition) is 5. The molecule has 2 fully saturated rings. The minimum absolute atomic E-state index is 0.0454. The molecule has 2 heterocycles. The van der Waals surface area contributed by atoms with Gasteiger partial charge in [0, 0.05) is 19.4 Å². The number of nitrogens with one attached hydrogen (secondary N) is 3. The third kappa shape index (κ3) is 7.39. The molecule has 4 atom stereocenters. The normalized spacial score (nSPS) is 26.5. The first kappa shape index (κ1) is 29.3. The summed E-state index contributed by atoms with van der Waals surface area (Å²) < 4.78 is 13.9. The van der Waals surface area contributed by atoms with Crippen molar-refractivity contribution in [2.45, 2.75) is 102 Å². The molecule has 1 aromatic rings. The van der Waals surface area contributed by atoms with Gasteiger partial charge in [0.2, 0.25) is 23.6 Å². The molecule has 0 aliphatic carbocycles. The van der Waals surface area contributed by atoms with Crippen LogP contribution < -0.4 is 16.0 Å². The predicted octanol–water partition coefficient (Wildman–Crippen LogP) is 2.17. The van der Waals surface area contributed by atoms with E-state index in [9.17, 15) is 28.4 Å². The smallest absolute Gasteiger partial charge is 0.246 e. The number of nitrogens with zero attached hydrogens (tertiary/aromatic N) is 1. The third-order valence-corrected chi connectivity index (χ3v) is 7.53. The first-order valence-corrected chi connectivity index (χ1v) is 13.5. The van der Waals surface area contributed by atoms with Crippen LogP contribution in [0.25, 0.3) is 0 Å². The lowest BCUT2D eigenvalue weighted by Gasteiger charge is -2.36. The molecule has 3 N–H and O–H groups in total. The lowest BCUT2D eigenvalue weighted by atomic mass is 9.94. The largest absolute Gasteiger partial charge is 0.343 e. The molecule has 208 valence electrons. The van der Waals surface area contributed by atoms with Crippen LogP contribution in [-0.4, -0.2) is 64.5 Å². The number of Topliss-reactive ketones (excluding diaryl/α,β-unsaturated/α-hetero) is 1. The van der Waals surface area contributed by atoms with Crippen LogP contribution in [0.2, 0.25) is 0 Å². The van der Waals surface area contributed by atoms with Crippen LogP contribution in [0.4, 0.5) is 4.39 Å². The predicted molar refractivity (Wildman–Crippen MR) is 139 cm³/mol. The quantitative estimate of drug-likeness (QED) is 0.422. The van der Waals surface area contributed by atoms with Gasteiger partial charge in [-0.2, -0.15) is 0 Å². The van der Waals surface area contributed by atoms with Crippen LogP contribution in [0.5, 0.6) is 0 Å². The fourth-order valence-electron chi connectivity index (χ4n) is 5.02. The highest BCUT2D eigenvalue weighted by molar-refractivity contribution is 5.99. The van der Waals surface area contributed by atoms with Crippen LogP contribution in [-0.2, 0) is 30.4 Å². The van der Waals surface area contributed by atoms with Gasteiger partial charge in [0.25, 0.3) is 0 Å². The van der Waals surface area contributed by atoms with E-state index in [1.165, 1.54) is 30.0 Å². The summed E-state index contributed by atoms with van der Waals surface area (Å²) >= 11 is 0. The number of rotatable bonds is 9. The molecule has 2 aliphatic rings. The topological polar surface area (TPSA) is 125 Å². The number of amides is 4. The second-order valence-electron chi connectivity index (χ2n) is 10.6. The Kier molecular flexibility index (Phi) is 9.99. The molecule has 2 saturated heterocycles. The number of halogens is 1.